The normalized spacial score (nSPS) is 12.6. The van der Waals surface area contributed by atoms with Gasteiger partial charge in [0.2, 0.25) is 0 Å². The highest BCUT2D eigenvalue weighted by Crippen LogP contribution is 2.25. The number of hydrogen-bond donors (Lipinski definition) is 1. The van der Waals surface area contributed by atoms with Crippen LogP contribution in [-0.2, 0) is 6.54 Å². The summed E-state index contributed by atoms with van der Waals surface area (Å²) in [7, 11) is 0. The third-order valence-corrected chi connectivity index (χ3v) is 6.45. The predicted molar refractivity (Wildman–Crippen MR) is 146 cm³/mol. The van der Waals surface area contributed by atoms with Crippen LogP contribution in [0.3, 0.4) is 0 Å². The second-order valence-corrected chi connectivity index (χ2v) is 9.12. The van der Waals surface area contributed by atoms with Crippen LogP contribution in [0.15, 0.2) is 103 Å². The molecule has 6 nitrogen and oxygen atoms in total. The van der Waals surface area contributed by atoms with Crippen molar-refractivity contribution in [2.45, 2.75) is 6.54 Å². The van der Waals surface area contributed by atoms with Crippen LogP contribution in [0.2, 0.25) is 5.02 Å². The molecular weight excluding hydrogens is 500 g/mol. The van der Waals surface area contributed by atoms with Gasteiger partial charge in [-0.15, -0.1) is 0 Å². The summed E-state index contributed by atoms with van der Waals surface area (Å²) in [5.41, 5.74) is 3.43. The molecule has 0 radical (unpaired) electrons. The molecule has 1 aliphatic rings. The second kappa shape index (κ2) is 10.7. The van der Waals surface area contributed by atoms with E-state index in [1.165, 1.54) is 6.08 Å². The number of carbonyl (C=O) groups is 4. The lowest BCUT2D eigenvalue weighted by molar-refractivity contribution is 0.0640. The number of nitrogens with one attached hydrogen (secondary N) is 1. The van der Waals surface area contributed by atoms with Crippen LogP contribution in [0.5, 0.6) is 0 Å². The summed E-state index contributed by atoms with van der Waals surface area (Å²) < 4.78 is 0. The molecular formula is C31H21ClN2O4. The minimum atomic E-state index is -0.390. The van der Waals surface area contributed by atoms with Crippen LogP contribution < -0.4 is 5.32 Å². The van der Waals surface area contributed by atoms with Gasteiger partial charge in [0.1, 0.15) is 0 Å². The van der Waals surface area contributed by atoms with E-state index in [0.717, 1.165) is 10.5 Å². The van der Waals surface area contributed by atoms with Crippen molar-refractivity contribution in [3.05, 3.63) is 142 Å². The number of allylic oxidation sites excluding steroid dienone is 1. The predicted octanol–water partition coefficient (Wildman–Crippen LogP) is 6.28. The van der Waals surface area contributed by atoms with Gasteiger partial charge in [-0.05, 0) is 71.8 Å². The van der Waals surface area contributed by atoms with Crippen LogP contribution in [-0.4, -0.2) is 28.4 Å². The minimum absolute atomic E-state index is 0.0245. The average Bonchev–Trinajstić information content (AvgIpc) is 3.18. The average molecular weight is 521 g/mol. The quantitative estimate of drug-likeness (QED) is 0.176. The molecule has 1 aliphatic heterocycles. The number of amides is 3. The number of hydrogen-bond acceptors (Lipinski definition) is 4. The molecule has 0 atom stereocenters. The van der Waals surface area contributed by atoms with E-state index in [-0.39, 0.29) is 30.0 Å². The number of nitrogens with zero attached hydrogens (tertiary/aromatic N) is 1. The Hall–Kier alpha value is -4.81. The van der Waals surface area contributed by atoms with Gasteiger partial charge in [-0.1, -0.05) is 60.1 Å². The first-order chi connectivity index (χ1) is 18.4. The number of halogens is 1. The molecule has 186 valence electrons. The van der Waals surface area contributed by atoms with E-state index >= 15 is 0 Å². The van der Waals surface area contributed by atoms with Gasteiger partial charge in [-0.25, -0.2) is 0 Å². The molecule has 7 heteroatoms. The van der Waals surface area contributed by atoms with E-state index in [0.29, 0.717) is 38.5 Å². The van der Waals surface area contributed by atoms with E-state index < -0.39 is 0 Å². The number of anilines is 1. The molecule has 1 N–H and O–H groups in total. The molecule has 3 amide bonds. The smallest absolute Gasteiger partial charge is 0.261 e. The number of rotatable bonds is 7. The number of carbonyl (C=O) groups excluding carboxylic acids is 4. The fourth-order valence-corrected chi connectivity index (χ4v) is 4.32. The zero-order chi connectivity index (χ0) is 26.6. The molecule has 0 unspecified atom stereocenters. The Balaban J connectivity index is 1.27. The maximum absolute atomic E-state index is 13.1. The van der Waals surface area contributed by atoms with E-state index in [4.69, 9.17) is 11.6 Å². The number of benzene rings is 4. The van der Waals surface area contributed by atoms with E-state index in [9.17, 15) is 19.2 Å². The summed E-state index contributed by atoms with van der Waals surface area (Å²) in [6.07, 6.45) is 3.19. The van der Waals surface area contributed by atoms with Crippen LogP contribution >= 0.6 is 11.6 Å². The summed E-state index contributed by atoms with van der Waals surface area (Å²) in [5.74, 6) is -1.33. The Morgan fingerprint density at radius 3 is 2.03 bits per heavy atom. The number of fused-ring (bicyclic) bond motifs is 1. The standard InChI is InChI=1S/C31H21ClN2O4/c32-23-14-9-20(10-15-23)11-18-28(35)21-12-16-24(17-13-21)33-29(36)25-6-2-1-5-22(25)19-34-30(37)26-7-3-4-8-27(26)31(34)38/h1-18H,19H2,(H,33,36)/b18-11+. The van der Waals surface area contributed by atoms with Crippen LogP contribution in [0.4, 0.5) is 5.69 Å². The Labute approximate surface area is 224 Å². The molecule has 0 aromatic heterocycles. The molecule has 4 aromatic carbocycles. The molecule has 0 aliphatic carbocycles. The third-order valence-electron chi connectivity index (χ3n) is 6.19. The molecule has 0 fully saturated rings. The van der Waals surface area contributed by atoms with Crippen molar-refractivity contribution in [3.63, 3.8) is 0 Å². The monoisotopic (exact) mass is 520 g/mol. The van der Waals surface area contributed by atoms with Gasteiger partial charge in [-0.3, -0.25) is 24.1 Å². The summed E-state index contributed by atoms with van der Waals surface area (Å²) in [6, 6.07) is 27.2. The molecule has 5 rings (SSSR count). The summed E-state index contributed by atoms with van der Waals surface area (Å²) in [6.45, 7) is -0.0245. The molecule has 0 bridgehead atoms. The van der Waals surface area contributed by atoms with Gasteiger partial charge in [-0.2, -0.15) is 0 Å². The largest absolute Gasteiger partial charge is 0.322 e. The van der Waals surface area contributed by atoms with Crippen molar-refractivity contribution in [1.82, 2.24) is 4.90 Å². The molecule has 0 saturated carbocycles. The maximum Gasteiger partial charge on any atom is 0.261 e. The Bertz CT molecular complexity index is 1560. The lowest BCUT2D eigenvalue weighted by Gasteiger charge is -2.16. The van der Waals surface area contributed by atoms with Gasteiger partial charge < -0.3 is 5.32 Å². The molecule has 0 saturated heterocycles. The van der Waals surface area contributed by atoms with Gasteiger partial charge in [0, 0.05) is 21.8 Å². The second-order valence-electron chi connectivity index (χ2n) is 8.68. The van der Waals surface area contributed by atoms with Crippen molar-refractivity contribution in [1.29, 1.82) is 0 Å². The fraction of sp³-hybridized carbons (Fsp3) is 0.0323. The molecule has 4 aromatic rings. The van der Waals surface area contributed by atoms with Crippen molar-refractivity contribution in [3.8, 4) is 0 Å². The van der Waals surface area contributed by atoms with Crippen LogP contribution in [0, 0.1) is 0 Å². The Morgan fingerprint density at radius 1 is 0.763 bits per heavy atom. The summed E-state index contributed by atoms with van der Waals surface area (Å²) >= 11 is 5.89. The van der Waals surface area contributed by atoms with E-state index in [1.54, 1.807) is 91.0 Å². The first kappa shape index (κ1) is 24.9. The fourth-order valence-electron chi connectivity index (χ4n) is 4.19. The van der Waals surface area contributed by atoms with Gasteiger partial charge in [0.15, 0.2) is 5.78 Å². The highest BCUT2D eigenvalue weighted by atomic mass is 35.5. The number of ketones is 1. The van der Waals surface area contributed by atoms with E-state index in [1.807, 2.05) is 12.1 Å². The van der Waals surface area contributed by atoms with Crippen molar-refractivity contribution in [2.75, 3.05) is 5.32 Å². The van der Waals surface area contributed by atoms with Gasteiger partial charge in [0.05, 0.1) is 17.7 Å². The Kier molecular flexibility index (Phi) is 6.98. The lowest BCUT2D eigenvalue weighted by Crippen LogP contribution is -2.30. The van der Waals surface area contributed by atoms with Crippen molar-refractivity contribution >= 4 is 46.9 Å². The molecule has 38 heavy (non-hydrogen) atoms. The topological polar surface area (TPSA) is 83.6 Å². The van der Waals surface area contributed by atoms with Gasteiger partial charge in [0.25, 0.3) is 17.7 Å². The maximum atomic E-state index is 13.1. The van der Waals surface area contributed by atoms with Crippen molar-refractivity contribution in [2.24, 2.45) is 0 Å². The zero-order valence-corrected chi connectivity index (χ0v) is 20.8. The third kappa shape index (κ3) is 5.16. The highest BCUT2D eigenvalue weighted by molar-refractivity contribution is 6.30. The summed E-state index contributed by atoms with van der Waals surface area (Å²) in [5, 5.41) is 3.45. The lowest BCUT2D eigenvalue weighted by atomic mass is 10.1. The minimum Gasteiger partial charge on any atom is -0.322 e. The highest BCUT2D eigenvalue weighted by Gasteiger charge is 2.35. The zero-order valence-electron chi connectivity index (χ0n) is 20.1. The first-order valence-electron chi connectivity index (χ1n) is 11.8. The molecule has 1 heterocycles. The van der Waals surface area contributed by atoms with Crippen LogP contribution in [0.1, 0.15) is 52.6 Å². The van der Waals surface area contributed by atoms with Crippen LogP contribution in [0.25, 0.3) is 6.08 Å². The number of imide groups is 1. The molecule has 0 spiro atoms. The Morgan fingerprint density at radius 2 is 1.37 bits per heavy atom. The van der Waals surface area contributed by atoms with Gasteiger partial charge >= 0.3 is 0 Å². The first-order valence-corrected chi connectivity index (χ1v) is 12.2. The van der Waals surface area contributed by atoms with E-state index in [2.05, 4.69) is 5.32 Å². The van der Waals surface area contributed by atoms with Crippen molar-refractivity contribution < 1.29 is 19.2 Å². The summed E-state index contributed by atoms with van der Waals surface area (Å²) in [4.78, 5) is 52.3. The SMILES string of the molecule is O=C(/C=C/c1ccc(Cl)cc1)c1ccc(NC(=O)c2ccccc2CN2C(=O)c3ccccc3C2=O)cc1.